The summed E-state index contributed by atoms with van der Waals surface area (Å²) < 4.78 is 1.88. The zero-order valence-electron chi connectivity index (χ0n) is 7.92. The molecule has 1 aromatic rings. The van der Waals surface area contributed by atoms with Crippen molar-refractivity contribution in [1.29, 1.82) is 0 Å². The van der Waals surface area contributed by atoms with Gasteiger partial charge in [-0.15, -0.1) is 0 Å². The van der Waals surface area contributed by atoms with Gasteiger partial charge in [-0.2, -0.15) is 5.10 Å². The minimum atomic E-state index is 0.165. The Balaban J connectivity index is 2.55. The van der Waals surface area contributed by atoms with Gasteiger partial charge in [-0.25, -0.2) is 0 Å². The van der Waals surface area contributed by atoms with Crippen LogP contribution < -0.4 is 5.32 Å². The van der Waals surface area contributed by atoms with E-state index in [1.54, 1.807) is 0 Å². The van der Waals surface area contributed by atoms with Crippen LogP contribution in [0.15, 0.2) is 0 Å². The average Bonchev–Trinajstić information content (AvgIpc) is 2.44. The minimum Gasteiger partial charge on any atom is -0.304 e. The van der Waals surface area contributed by atoms with E-state index in [0.29, 0.717) is 6.54 Å². The second kappa shape index (κ2) is 2.96. The van der Waals surface area contributed by atoms with Gasteiger partial charge in [-0.1, -0.05) is 0 Å². The molecule has 0 unspecified atom stereocenters. The Morgan fingerprint density at radius 2 is 2.31 bits per heavy atom. The van der Waals surface area contributed by atoms with Crippen molar-refractivity contribution >= 4 is 5.78 Å². The molecule has 1 aromatic heterocycles. The summed E-state index contributed by atoms with van der Waals surface area (Å²) in [6.45, 7) is 5.98. The number of aromatic nitrogens is 2. The number of rotatable bonds is 1. The SMILES string of the molecule is CCn1nc2c(c1C)C(=O)CNC2. The quantitative estimate of drug-likeness (QED) is 0.682. The number of hydrogen-bond acceptors (Lipinski definition) is 3. The third-order valence-corrected chi connectivity index (χ3v) is 2.44. The second-order valence-electron chi connectivity index (χ2n) is 3.25. The Morgan fingerprint density at radius 3 is 2.92 bits per heavy atom. The first-order valence-corrected chi connectivity index (χ1v) is 4.54. The summed E-state index contributed by atoms with van der Waals surface area (Å²) in [5.41, 5.74) is 2.74. The van der Waals surface area contributed by atoms with Gasteiger partial charge in [0.05, 0.1) is 17.8 Å². The number of aryl methyl sites for hydroxylation is 1. The van der Waals surface area contributed by atoms with E-state index >= 15 is 0 Å². The molecule has 4 nitrogen and oxygen atoms in total. The molecular weight excluding hydrogens is 166 g/mol. The molecular formula is C9H13N3O. The highest BCUT2D eigenvalue weighted by Crippen LogP contribution is 2.16. The molecule has 0 spiro atoms. The first-order valence-electron chi connectivity index (χ1n) is 4.54. The van der Waals surface area contributed by atoms with Gasteiger partial charge in [-0.3, -0.25) is 9.48 Å². The Hall–Kier alpha value is -1.16. The first kappa shape index (κ1) is 8.44. The summed E-state index contributed by atoms with van der Waals surface area (Å²) >= 11 is 0. The Bertz CT molecular complexity index is 354. The van der Waals surface area contributed by atoms with Crippen LogP contribution in [0.5, 0.6) is 0 Å². The molecule has 0 saturated heterocycles. The summed E-state index contributed by atoms with van der Waals surface area (Å²) in [4.78, 5) is 11.5. The van der Waals surface area contributed by atoms with E-state index in [9.17, 15) is 4.79 Å². The van der Waals surface area contributed by atoms with E-state index in [4.69, 9.17) is 0 Å². The third-order valence-electron chi connectivity index (χ3n) is 2.44. The van der Waals surface area contributed by atoms with Crippen molar-refractivity contribution in [1.82, 2.24) is 15.1 Å². The summed E-state index contributed by atoms with van der Waals surface area (Å²) in [5, 5.41) is 7.38. The van der Waals surface area contributed by atoms with Crippen molar-refractivity contribution in [2.75, 3.05) is 6.54 Å². The molecule has 0 saturated carbocycles. The molecule has 0 fully saturated rings. The Labute approximate surface area is 76.9 Å². The number of hydrogen-bond donors (Lipinski definition) is 1. The van der Waals surface area contributed by atoms with Crippen LogP contribution in [-0.4, -0.2) is 22.1 Å². The highest BCUT2D eigenvalue weighted by molar-refractivity contribution is 6.00. The molecule has 0 radical (unpaired) electrons. The van der Waals surface area contributed by atoms with E-state index in [0.717, 1.165) is 30.0 Å². The van der Waals surface area contributed by atoms with Gasteiger partial charge in [0.25, 0.3) is 0 Å². The van der Waals surface area contributed by atoms with Gasteiger partial charge in [0.15, 0.2) is 5.78 Å². The van der Waals surface area contributed by atoms with Crippen LogP contribution in [0.4, 0.5) is 0 Å². The van der Waals surface area contributed by atoms with E-state index in [-0.39, 0.29) is 5.78 Å². The molecule has 1 aliphatic heterocycles. The molecule has 2 rings (SSSR count). The average molecular weight is 179 g/mol. The summed E-state index contributed by atoms with van der Waals surface area (Å²) in [6.07, 6.45) is 0. The molecule has 13 heavy (non-hydrogen) atoms. The topological polar surface area (TPSA) is 46.9 Å². The lowest BCUT2D eigenvalue weighted by Crippen LogP contribution is -2.29. The van der Waals surface area contributed by atoms with Gasteiger partial charge < -0.3 is 5.32 Å². The zero-order valence-corrected chi connectivity index (χ0v) is 7.92. The zero-order chi connectivity index (χ0) is 9.42. The lowest BCUT2D eigenvalue weighted by atomic mass is 10.1. The predicted octanol–water partition coefficient (Wildman–Crippen LogP) is 0.497. The van der Waals surface area contributed by atoms with Crippen molar-refractivity contribution < 1.29 is 4.79 Å². The fourth-order valence-corrected chi connectivity index (χ4v) is 1.79. The number of ketones is 1. The van der Waals surface area contributed by atoms with Gasteiger partial charge in [0, 0.05) is 18.8 Å². The van der Waals surface area contributed by atoms with Crippen LogP contribution >= 0.6 is 0 Å². The number of Topliss-reactive ketones (excluding diaryl/α,β-unsaturated/α-hetero) is 1. The number of fused-ring (bicyclic) bond motifs is 1. The van der Waals surface area contributed by atoms with E-state index in [1.165, 1.54) is 0 Å². The van der Waals surface area contributed by atoms with Crippen LogP contribution in [0.1, 0.15) is 28.7 Å². The highest BCUT2D eigenvalue weighted by Gasteiger charge is 2.23. The monoisotopic (exact) mass is 179 g/mol. The van der Waals surface area contributed by atoms with Gasteiger partial charge in [0.1, 0.15) is 0 Å². The van der Waals surface area contributed by atoms with Crippen molar-refractivity contribution in [2.45, 2.75) is 26.9 Å². The van der Waals surface area contributed by atoms with Crippen LogP contribution in [0.2, 0.25) is 0 Å². The highest BCUT2D eigenvalue weighted by atomic mass is 16.1. The molecule has 0 amide bonds. The molecule has 70 valence electrons. The molecule has 0 bridgehead atoms. The summed E-state index contributed by atoms with van der Waals surface area (Å²) in [7, 11) is 0. The van der Waals surface area contributed by atoms with E-state index < -0.39 is 0 Å². The van der Waals surface area contributed by atoms with Crippen molar-refractivity contribution in [3.8, 4) is 0 Å². The molecule has 4 heteroatoms. The normalized spacial score (nSPS) is 16.0. The van der Waals surface area contributed by atoms with E-state index in [1.807, 2.05) is 18.5 Å². The molecule has 0 atom stereocenters. The lowest BCUT2D eigenvalue weighted by molar-refractivity contribution is 0.0981. The van der Waals surface area contributed by atoms with Gasteiger partial charge in [0.2, 0.25) is 0 Å². The molecule has 1 aliphatic rings. The third kappa shape index (κ3) is 1.18. The number of carbonyl (C=O) groups is 1. The molecule has 0 aromatic carbocycles. The molecule has 0 aliphatic carbocycles. The molecule has 1 N–H and O–H groups in total. The van der Waals surface area contributed by atoms with Crippen LogP contribution in [0, 0.1) is 6.92 Å². The largest absolute Gasteiger partial charge is 0.304 e. The summed E-state index contributed by atoms with van der Waals surface area (Å²) in [6, 6.07) is 0. The minimum absolute atomic E-state index is 0.165. The maximum Gasteiger partial charge on any atom is 0.180 e. The van der Waals surface area contributed by atoms with Crippen LogP contribution in [0.25, 0.3) is 0 Å². The van der Waals surface area contributed by atoms with Gasteiger partial charge >= 0.3 is 0 Å². The van der Waals surface area contributed by atoms with Crippen molar-refractivity contribution in [2.24, 2.45) is 0 Å². The van der Waals surface area contributed by atoms with Crippen molar-refractivity contribution in [3.63, 3.8) is 0 Å². The second-order valence-corrected chi connectivity index (χ2v) is 3.25. The predicted molar refractivity (Wildman–Crippen MR) is 48.7 cm³/mol. The Kier molecular flexibility index (Phi) is 1.92. The lowest BCUT2D eigenvalue weighted by Gasteiger charge is -2.09. The standard InChI is InChI=1S/C9H13N3O/c1-3-12-6(2)9-7(11-12)4-10-5-8(9)13/h10H,3-5H2,1-2H3. The number of nitrogens with zero attached hydrogens (tertiary/aromatic N) is 2. The first-order chi connectivity index (χ1) is 6.24. The van der Waals surface area contributed by atoms with Crippen LogP contribution in [0.3, 0.4) is 0 Å². The van der Waals surface area contributed by atoms with Gasteiger partial charge in [-0.05, 0) is 13.8 Å². The van der Waals surface area contributed by atoms with E-state index in [2.05, 4.69) is 10.4 Å². The fourth-order valence-electron chi connectivity index (χ4n) is 1.79. The number of nitrogens with one attached hydrogen (secondary N) is 1. The van der Waals surface area contributed by atoms with Crippen molar-refractivity contribution in [3.05, 3.63) is 17.0 Å². The smallest absolute Gasteiger partial charge is 0.180 e. The fraction of sp³-hybridized carbons (Fsp3) is 0.556. The molecule has 2 heterocycles. The summed E-state index contributed by atoms with van der Waals surface area (Å²) in [5.74, 6) is 0.165. The number of carbonyl (C=O) groups excluding carboxylic acids is 1. The maximum absolute atomic E-state index is 11.5. The Morgan fingerprint density at radius 1 is 1.54 bits per heavy atom. The maximum atomic E-state index is 11.5. The van der Waals surface area contributed by atoms with Crippen LogP contribution in [-0.2, 0) is 13.1 Å².